The summed E-state index contributed by atoms with van der Waals surface area (Å²) < 4.78 is 17.8. The Morgan fingerprint density at radius 2 is 1.47 bits per heavy atom. The number of carbonyl (C=O) groups is 3. The maximum absolute atomic E-state index is 13.6. The standard InChI is InChI=1S/C48H53ClN14O6.HNO2/c1-29-32(33-12-8-14-35(40(33)49)55-43(66)37-20-18-31(45(57-37)68-3)28-62-24-5-4-6-25-62)11-7-13-34(29)54-42(65)36-19-17-30(44(56-36)67-2)27-51-22-23-52-39(64)16-9-21-53-47-59-46(50)63-48(60-47)58-41(61-63)38-15-10-26-69-38;2-1-3/h7-8,10-15,17-20,26,51H,4-6,9,16,21-25,27-28H2,1-3H3,(H,52,64)(H,54,65)(H,55,66)(H3,50,53,58,59,60,61);(H,2,3). The second-order valence-electron chi connectivity index (χ2n) is 16.3. The largest absolute Gasteiger partial charge is 0.481 e. The van der Waals surface area contributed by atoms with Crippen LogP contribution in [0.5, 0.6) is 11.8 Å². The summed E-state index contributed by atoms with van der Waals surface area (Å²) in [6.45, 7) is 6.35. The second kappa shape index (κ2) is 25.0. The molecule has 6 heterocycles. The molecule has 8 rings (SSSR count). The number of piperidine rings is 1. The molecule has 8 N–H and O–H groups in total. The van der Waals surface area contributed by atoms with E-state index >= 15 is 0 Å². The first-order chi connectivity index (χ1) is 35.0. The van der Waals surface area contributed by atoms with Crippen LogP contribution in [-0.2, 0) is 17.9 Å². The van der Waals surface area contributed by atoms with Crippen LogP contribution in [0.3, 0.4) is 0 Å². The van der Waals surface area contributed by atoms with E-state index in [0.29, 0.717) is 78.6 Å². The summed E-state index contributed by atoms with van der Waals surface area (Å²) in [4.78, 5) is 72.0. The van der Waals surface area contributed by atoms with Crippen LogP contribution in [0, 0.1) is 11.8 Å². The molecule has 3 amide bonds. The van der Waals surface area contributed by atoms with E-state index in [1.807, 2.05) is 31.2 Å². The van der Waals surface area contributed by atoms with Crippen LogP contribution < -0.4 is 41.8 Å². The molecule has 2 aromatic carbocycles. The molecule has 5 aromatic heterocycles. The van der Waals surface area contributed by atoms with E-state index in [0.717, 1.165) is 35.3 Å². The van der Waals surface area contributed by atoms with Gasteiger partial charge in [-0.15, -0.1) is 10.0 Å². The SMILES string of the molecule is COc1nc(C(=O)Nc2cccc(-c3cccc(NC(=O)c4ccc(CN5CCCCC5)c(OC)n4)c3Cl)c2C)ccc1CNCCNC(=O)CCCNc1nc(N)n2nc(-c3ccco3)nc2n1.O=NO. The number of ether oxygens (including phenoxy) is 2. The van der Waals surface area contributed by atoms with E-state index < -0.39 is 11.8 Å². The first-order valence-corrected chi connectivity index (χ1v) is 23.3. The lowest BCUT2D eigenvalue weighted by atomic mass is 9.98. The highest BCUT2D eigenvalue weighted by atomic mass is 35.5. The molecule has 0 spiro atoms. The van der Waals surface area contributed by atoms with Crippen molar-refractivity contribution in [3.05, 3.63) is 117 Å². The van der Waals surface area contributed by atoms with Gasteiger partial charge in [0.05, 0.1) is 31.2 Å². The zero-order valence-corrected chi connectivity index (χ0v) is 40.5. The molecule has 1 aliphatic heterocycles. The van der Waals surface area contributed by atoms with Crippen LogP contribution in [0.25, 0.3) is 28.5 Å². The summed E-state index contributed by atoms with van der Waals surface area (Å²) in [6.07, 6.45) is 5.92. The van der Waals surface area contributed by atoms with Crippen molar-refractivity contribution < 1.29 is 33.5 Å². The van der Waals surface area contributed by atoms with Gasteiger partial charge in [-0.3, -0.25) is 19.3 Å². The number of benzene rings is 2. The molecule has 23 nitrogen and oxygen atoms in total. The first-order valence-electron chi connectivity index (χ1n) is 22.9. The minimum absolute atomic E-state index is 0.106. The summed E-state index contributed by atoms with van der Waals surface area (Å²) >= 11 is 6.96. The number of hydrogen-bond acceptors (Lipinski definition) is 18. The fourth-order valence-corrected chi connectivity index (χ4v) is 8.15. The maximum atomic E-state index is 13.6. The Kier molecular flexibility index (Phi) is 17.9. The Morgan fingerprint density at radius 1 is 0.806 bits per heavy atom. The summed E-state index contributed by atoms with van der Waals surface area (Å²) in [5.74, 6) is 1.21. The fraction of sp³-hybridized carbons (Fsp3) is 0.312. The third kappa shape index (κ3) is 13.1. The number of nitrogens with one attached hydrogen (secondary N) is 5. The van der Waals surface area contributed by atoms with Crippen LogP contribution in [0.1, 0.15) is 69.8 Å². The number of amides is 3. The van der Waals surface area contributed by atoms with Crippen molar-refractivity contribution in [1.29, 1.82) is 0 Å². The van der Waals surface area contributed by atoms with Crippen molar-refractivity contribution in [3.63, 3.8) is 0 Å². The summed E-state index contributed by atoms with van der Waals surface area (Å²) in [5.41, 5.74) is 11.2. The zero-order chi connectivity index (χ0) is 51.0. The highest BCUT2D eigenvalue weighted by Crippen LogP contribution is 2.38. The number of furan rings is 1. The van der Waals surface area contributed by atoms with Gasteiger partial charge >= 0.3 is 0 Å². The first kappa shape index (κ1) is 51.6. The molecule has 1 fully saturated rings. The fourth-order valence-electron chi connectivity index (χ4n) is 7.88. The van der Waals surface area contributed by atoms with Crippen molar-refractivity contribution in [3.8, 4) is 34.5 Å². The van der Waals surface area contributed by atoms with E-state index in [-0.39, 0.29) is 47.3 Å². The number of pyridine rings is 2. The molecule has 376 valence electrons. The minimum Gasteiger partial charge on any atom is -0.481 e. The summed E-state index contributed by atoms with van der Waals surface area (Å²) in [6, 6.07) is 21.3. The maximum Gasteiger partial charge on any atom is 0.274 e. The highest BCUT2D eigenvalue weighted by Gasteiger charge is 2.21. The molecule has 7 aromatic rings. The smallest absolute Gasteiger partial charge is 0.274 e. The Bertz CT molecular complexity index is 3000. The zero-order valence-electron chi connectivity index (χ0n) is 39.8. The molecular weight excluding hydrogens is 950 g/mol. The summed E-state index contributed by atoms with van der Waals surface area (Å²) in [7, 11) is 3.05. The topological polar surface area (TPSA) is 304 Å². The van der Waals surface area contributed by atoms with Crippen LogP contribution in [0.4, 0.5) is 23.3 Å². The lowest BCUT2D eigenvalue weighted by Crippen LogP contribution is -2.31. The lowest BCUT2D eigenvalue weighted by Gasteiger charge is -2.26. The van der Waals surface area contributed by atoms with Gasteiger partial charge in [0.15, 0.2) is 11.1 Å². The quantitative estimate of drug-likeness (QED) is 0.0243. The van der Waals surface area contributed by atoms with Gasteiger partial charge in [0.2, 0.25) is 35.4 Å². The van der Waals surface area contributed by atoms with Crippen molar-refractivity contribution >= 4 is 58.4 Å². The van der Waals surface area contributed by atoms with Gasteiger partial charge in [-0.05, 0) is 98.9 Å². The average Bonchev–Trinajstić information content (AvgIpc) is 4.09. The van der Waals surface area contributed by atoms with Crippen molar-refractivity contribution in [2.24, 2.45) is 5.34 Å². The number of anilines is 4. The van der Waals surface area contributed by atoms with Gasteiger partial charge in [0.25, 0.3) is 17.6 Å². The van der Waals surface area contributed by atoms with E-state index in [9.17, 15) is 14.4 Å². The molecule has 1 aliphatic rings. The lowest BCUT2D eigenvalue weighted by molar-refractivity contribution is -0.121. The average molecular weight is 1000 g/mol. The molecular formula is C48H54ClN15O8. The predicted molar refractivity (Wildman–Crippen MR) is 269 cm³/mol. The molecule has 1 saturated heterocycles. The van der Waals surface area contributed by atoms with Crippen LogP contribution in [0.2, 0.25) is 5.02 Å². The second-order valence-corrected chi connectivity index (χ2v) is 16.7. The Morgan fingerprint density at radius 3 is 2.17 bits per heavy atom. The molecule has 24 heteroatoms. The number of methoxy groups -OCH3 is 2. The van der Waals surface area contributed by atoms with Gasteiger partial charge in [0.1, 0.15) is 11.4 Å². The number of nitrogens with zero attached hydrogens (tertiary/aromatic N) is 9. The Hall–Kier alpha value is -8.28. The Labute approximate surface area is 418 Å². The monoisotopic (exact) mass is 1000 g/mol. The van der Waals surface area contributed by atoms with Gasteiger partial charge in [0, 0.05) is 61.5 Å². The van der Waals surface area contributed by atoms with Crippen LogP contribution in [0.15, 0.2) is 88.8 Å². The van der Waals surface area contributed by atoms with Crippen molar-refractivity contribution in [1.82, 2.24) is 50.1 Å². The van der Waals surface area contributed by atoms with Crippen LogP contribution in [-0.4, -0.2) is 109 Å². The highest BCUT2D eigenvalue weighted by molar-refractivity contribution is 6.36. The molecule has 0 aliphatic carbocycles. The van der Waals surface area contributed by atoms with E-state index in [1.165, 1.54) is 42.5 Å². The van der Waals surface area contributed by atoms with Gasteiger partial charge in [-0.25, -0.2) is 9.97 Å². The summed E-state index contributed by atoms with van der Waals surface area (Å²) in [5, 5.41) is 27.6. The molecule has 0 bridgehead atoms. The van der Waals surface area contributed by atoms with E-state index in [2.05, 4.69) is 61.5 Å². The van der Waals surface area contributed by atoms with Gasteiger partial charge in [-0.1, -0.05) is 42.3 Å². The van der Waals surface area contributed by atoms with E-state index in [4.69, 9.17) is 41.3 Å². The molecule has 0 radical (unpaired) electrons. The van der Waals surface area contributed by atoms with Crippen molar-refractivity contribution in [2.45, 2.75) is 52.1 Å². The van der Waals surface area contributed by atoms with Crippen LogP contribution >= 0.6 is 11.6 Å². The Balaban J connectivity index is 0.00000247. The number of nitrogen functional groups attached to an aromatic ring is 1. The third-order valence-corrected chi connectivity index (χ3v) is 11.9. The predicted octanol–water partition coefficient (Wildman–Crippen LogP) is 6.53. The number of likely N-dealkylation sites (tertiary alicyclic amines) is 1. The number of nitrogens with two attached hydrogens (primary N) is 1. The third-order valence-electron chi connectivity index (χ3n) is 11.5. The molecule has 0 saturated carbocycles. The van der Waals surface area contributed by atoms with Crippen molar-refractivity contribution in [2.75, 3.05) is 68.6 Å². The molecule has 0 atom stereocenters. The number of carbonyl (C=O) groups excluding carboxylic acids is 3. The number of fused-ring (bicyclic) bond motifs is 1. The van der Waals surface area contributed by atoms with Gasteiger partial charge in [-0.2, -0.15) is 19.5 Å². The normalized spacial score (nSPS) is 12.3. The van der Waals surface area contributed by atoms with E-state index in [1.54, 1.807) is 55.6 Å². The number of halogens is 1. The minimum atomic E-state index is -0.435. The molecule has 72 heavy (non-hydrogen) atoms. The van der Waals surface area contributed by atoms with Gasteiger partial charge < -0.3 is 51.4 Å². The number of aromatic nitrogens is 7. The number of rotatable bonds is 20. The molecule has 0 unspecified atom stereocenters. The number of hydrogen-bond donors (Lipinski definition) is 7.